The van der Waals surface area contributed by atoms with Gasteiger partial charge in [-0.25, -0.2) is 0 Å². The van der Waals surface area contributed by atoms with Crippen LogP contribution < -0.4 is 10.6 Å². The molecule has 1 unspecified atom stereocenters. The van der Waals surface area contributed by atoms with E-state index in [0.717, 1.165) is 18.7 Å². The van der Waals surface area contributed by atoms with Crippen LogP contribution in [0.3, 0.4) is 0 Å². The van der Waals surface area contributed by atoms with Crippen LogP contribution in [0.4, 0.5) is 5.69 Å². The molecule has 3 heteroatoms. The molecular formula is C16H26N2O. The van der Waals surface area contributed by atoms with E-state index in [2.05, 4.69) is 30.5 Å². The van der Waals surface area contributed by atoms with Gasteiger partial charge in [0.2, 0.25) is 5.91 Å². The van der Waals surface area contributed by atoms with Gasteiger partial charge in [0.05, 0.1) is 0 Å². The fraction of sp³-hybridized carbons (Fsp3) is 0.562. The minimum Gasteiger partial charge on any atom is -0.326 e. The van der Waals surface area contributed by atoms with E-state index in [1.165, 1.54) is 5.56 Å². The van der Waals surface area contributed by atoms with Crippen LogP contribution in [-0.2, 0) is 4.79 Å². The molecule has 2 N–H and O–H groups in total. The Labute approximate surface area is 116 Å². The monoisotopic (exact) mass is 262 g/mol. The Morgan fingerprint density at radius 3 is 2.58 bits per heavy atom. The van der Waals surface area contributed by atoms with Gasteiger partial charge in [-0.3, -0.25) is 4.79 Å². The first-order valence-electron chi connectivity index (χ1n) is 7.05. The van der Waals surface area contributed by atoms with Gasteiger partial charge in [0.1, 0.15) is 0 Å². The molecule has 1 aromatic carbocycles. The summed E-state index contributed by atoms with van der Waals surface area (Å²) in [7, 11) is 0. The number of carbonyl (C=O) groups is 1. The van der Waals surface area contributed by atoms with Crippen molar-refractivity contribution < 1.29 is 4.79 Å². The Bertz CT molecular complexity index is 427. The normalized spacial score (nSPS) is 13.1. The van der Waals surface area contributed by atoms with Crippen LogP contribution in [0.5, 0.6) is 0 Å². The first-order chi connectivity index (χ1) is 8.90. The molecule has 3 nitrogen and oxygen atoms in total. The molecule has 0 aromatic heterocycles. The van der Waals surface area contributed by atoms with Crippen molar-refractivity contribution in [3.8, 4) is 0 Å². The van der Waals surface area contributed by atoms with Crippen molar-refractivity contribution in [3.63, 3.8) is 0 Å². The maximum atomic E-state index is 12.1. The number of anilines is 1. The van der Waals surface area contributed by atoms with E-state index in [-0.39, 0.29) is 11.3 Å². The number of benzene rings is 1. The van der Waals surface area contributed by atoms with Crippen LogP contribution in [0.2, 0.25) is 0 Å². The maximum absolute atomic E-state index is 12.1. The molecule has 1 amide bonds. The van der Waals surface area contributed by atoms with Crippen molar-refractivity contribution in [2.24, 2.45) is 5.41 Å². The van der Waals surface area contributed by atoms with Crippen molar-refractivity contribution in [2.45, 2.75) is 47.1 Å². The number of amides is 1. The van der Waals surface area contributed by atoms with E-state index in [1.54, 1.807) is 0 Å². The lowest BCUT2D eigenvalue weighted by Gasteiger charge is -2.22. The number of hydrogen-bond donors (Lipinski definition) is 2. The van der Waals surface area contributed by atoms with Gasteiger partial charge < -0.3 is 10.6 Å². The highest BCUT2D eigenvalue weighted by molar-refractivity contribution is 5.94. The zero-order valence-electron chi connectivity index (χ0n) is 12.7. The smallest absolute Gasteiger partial charge is 0.230 e. The molecular weight excluding hydrogens is 236 g/mol. The SMILES string of the molecule is CCNC(C)c1cccc(NC(=O)C(C)(C)CC)c1. The highest BCUT2D eigenvalue weighted by Crippen LogP contribution is 2.23. The largest absolute Gasteiger partial charge is 0.326 e. The molecule has 0 saturated carbocycles. The average Bonchev–Trinajstić information content (AvgIpc) is 2.39. The van der Waals surface area contributed by atoms with E-state index in [0.29, 0.717) is 6.04 Å². The van der Waals surface area contributed by atoms with Crippen LogP contribution in [0.15, 0.2) is 24.3 Å². The molecule has 0 radical (unpaired) electrons. The van der Waals surface area contributed by atoms with Crippen LogP contribution in [0.25, 0.3) is 0 Å². The molecule has 0 heterocycles. The first-order valence-corrected chi connectivity index (χ1v) is 7.05. The van der Waals surface area contributed by atoms with Crippen molar-refractivity contribution in [1.82, 2.24) is 5.32 Å². The molecule has 0 aliphatic rings. The molecule has 0 fully saturated rings. The zero-order valence-corrected chi connectivity index (χ0v) is 12.7. The zero-order chi connectivity index (χ0) is 14.5. The van der Waals surface area contributed by atoms with Crippen LogP contribution in [-0.4, -0.2) is 12.5 Å². The van der Waals surface area contributed by atoms with Gasteiger partial charge in [-0.15, -0.1) is 0 Å². The van der Waals surface area contributed by atoms with E-state index in [9.17, 15) is 4.79 Å². The molecule has 1 rings (SSSR count). The number of nitrogens with one attached hydrogen (secondary N) is 2. The summed E-state index contributed by atoms with van der Waals surface area (Å²) >= 11 is 0. The second-order valence-corrected chi connectivity index (χ2v) is 5.60. The summed E-state index contributed by atoms with van der Waals surface area (Å²) < 4.78 is 0. The third kappa shape index (κ3) is 4.35. The Morgan fingerprint density at radius 1 is 1.32 bits per heavy atom. The van der Waals surface area contributed by atoms with E-state index < -0.39 is 0 Å². The molecule has 106 valence electrons. The van der Waals surface area contributed by atoms with E-state index in [1.807, 2.05) is 39.0 Å². The standard InChI is InChI=1S/C16H26N2O/c1-6-16(4,5)15(19)18-14-10-8-9-13(11-14)12(3)17-7-2/h8-12,17H,6-7H2,1-5H3,(H,18,19). The maximum Gasteiger partial charge on any atom is 0.230 e. The molecule has 0 aliphatic carbocycles. The molecule has 1 aromatic rings. The third-order valence-electron chi connectivity index (χ3n) is 3.65. The fourth-order valence-electron chi connectivity index (χ4n) is 1.77. The summed E-state index contributed by atoms with van der Waals surface area (Å²) in [6.07, 6.45) is 0.826. The van der Waals surface area contributed by atoms with Crippen LogP contribution in [0.1, 0.15) is 52.6 Å². The van der Waals surface area contributed by atoms with Crippen molar-refractivity contribution in [1.29, 1.82) is 0 Å². The van der Waals surface area contributed by atoms with Gasteiger partial charge in [0, 0.05) is 17.1 Å². The lowest BCUT2D eigenvalue weighted by Crippen LogP contribution is -2.30. The van der Waals surface area contributed by atoms with Gasteiger partial charge in [-0.05, 0) is 37.6 Å². The predicted molar refractivity (Wildman–Crippen MR) is 81.2 cm³/mol. The highest BCUT2D eigenvalue weighted by atomic mass is 16.2. The first kappa shape index (κ1) is 15.7. The Hall–Kier alpha value is -1.35. The lowest BCUT2D eigenvalue weighted by molar-refractivity contribution is -0.124. The minimum absolute atomic E-state index is 0.0725. The molecule has 1 atom stereocenters. The lowest BCUT2D eigenvalue weighted by atomic mass is 9.89. The molecule has 0 bridgehead atoms. The molecule has 0 spiro atoms. The van der Waals surface area contributed by atoms with Crippen LogP contribution in [0, 0.1) is 5.41 Å². The fourth-order valence-corrected chi connectivity index (χ4v) is 1.77. The average molecular weight is 262 g/mol. The summed E-state index contributed by atoms with van der Waals surface area (Å²) in [6, 6.07) is 8.33. The van der Waals surface area contributed by atoms with E-state index in [4.69, 9.17) is 0 Å². The van der Waals surface area contributed by atoms with Gasteiger partial charge in [-0.2, -0.15) is 0 Å². The van der Waals surface area contributed by atoms with Crippen LogP contribution >= 0.6 is 0 Å². The number of carbonyl (C=O) groups excluding carboxylic acids is 1. The van der Waals surface area contributed by atoms with Crippen molar-refractivity contribution in [3.05, 3.63) is 29.8 Å². The van der Waals surface area contributed by atoms with Crippen molar-refractivity contribution >= 4 is 11.6 Å². The molecule has 0 saturated heterocycles. The summed E-state index contributed by atoms with van der Waals surface area (Å²) in [5.41, 5.74) is 1.73. The predicted octanol–water partition coefficient (Wildman–Crippen LogP) is 3.73. The summed E-state index contributed by atoms with van der Waals surface area (Å²) in [5.74, 6) is 0.0725. The third-order valence-corrected chi connectivity index (χ3v) is 3.65. The quantitative estimate of drug-likeness (QED) is 0.820. The summed E-state index contributed by atoms with van der Waals surface area (Å²) in [5, 5.41) is 6.37. The van der Waals surface area contributed by atoms with Gasteiger partial charge in [0.15, 0.2) is 0 Å². The Kier molecular flexibility index (Phi) is 5.55. The summed E-state index contributed by atoms with van der Waals surface area (Å²) in [4.78, 5) is 12.1. The van der Waals surface area contributed by atoms with E-state index >= 15 is 0 Å². The minimum atomic E-state index is -0.330. The van der Waals surface area contributed by atoms with Gasteiger partial charge in [0.25, 0.3) is 0 Å². The van der Waals surface area contributed by atoms with Crippen molar-refractivity contribution in [2.75, 3.05) is 11.9 Å². The summed E-state index contributed by atoms with van der Waals surface area (Å²) in [6.45, 7) is 11.1. The Balaban J connectivity index is 2.80. The second-order valence-electron chi connectivity index (χ2n) is 5.60. The topological polar surface area (TPSA) is 41.1 Å². The number of hydrogen-bond acceptors (Lipinski definition) is 2. The van der Waals surface area contributed by atoms with Gasteiger partial charge in [-0.1, -0.05) is 39.8 Å². The second kappa shape index (κ2) is 6.71. The highest BCUT2D eigenvalue weighted by Gasteiger charge is 2.25. The molecule has 19 heavy (non-hydrogen) atoms. The molecule has 0 aliphatic heterocycles. The number of rotatable bonds is 6. The Morgan fingerprint density at radius 2 is 2.00 bits per heavy atom. The van der Waals surface area contributed by atoms with Gasteiger partial charge >= 0.3 is 0 Å².